The number of amidine groups is 1. The number of likely N-dealkylation sites (N-methyl/N-ethyl adjacent to an activating group) is 1. The van der Waals surface area contributed by atoms with Gasteiger partial charge in [-0.05, 0) is 18.6 Å². The minimum atomic E-state index is 0.209. The first-order valence-electron chi connectivity index (χ1n) is 5.75. The third-order valence-corrected chi connectivity index (χ3v) is 3.85. The fourth-order valence-electron chi connectivity index (χ4n) is 2.96. The van der Waals surface area contributed by atoms with E-state index in [1.807, 2.05) is 6.07 Å². The molecule has 0 unspecified atom stereocenters. The molecular formula is C13H16N2O. The predicted octanol–water partition coefficient (Wildman–Crippen LogP) is 1.63. The van der Waals surface area contributed by atoms with E-state index in [1.54, 1.807) is 0 Å². The molecule has 2 aliphatic heterocycles. The molecule has 1 aromatic rings. The van der Waals surface area contributed by atoms with Gasteiger partial charge in [-0.15, -0.1) is 0 Å². The number of aliphatic hydroxyl groups excluding tert-OH is 1. The topological polar surface area (TPSA) is 35.8 Å². The summed E-state index contributed by atoms with van der Waals surface area (Å²) in [6.45, 7) is 2.30. The Balaban J connectivity index is 2.13. The van der Waals surface area contributed by atoms with Gasteiger partial charge in [0.25, 0.3) is 0 Å². The van der Waals surface area contributed by atoms with Crippen LogP contribution in [0.4, 0.5) is 5.69 Å². The van der Waals surface area contributed by atoms with Crippen molar-refractivity contribution in [2.45, 2.75) is 18.9 Å². The fourth-order valence-corrected chi connectivity index (χ4v) is 2.96. The molecule has 3 atom stereocenters. The molecule has 3 heteroatoms. The Labute approximate surface area is 95.4 Å². The average molecular weight is 216 g/mol. The number of para-hydroxylation sites is 1. The van der Waals surface area contributed by atoms with Crippen LogP contribution in [0.5, 0.6) is 0 Å². The predicted molar refractivity (Wildman–Crippen MR) is 65.1 cm³/mol. The van der Waals surface area contributed by atoms with Crippen LogP contribution >= 0.6 is 0 Å². The van der Waals surface area contributed by atoms with E-state index >= 15 is 0 Å². The lowest BCUT2D eigenvalue weighted by atomic mass is 9.86. The maximum atomic E-state index is 9.50. The first-order valence-corrected chi connectivity index (χ1v) is 5.75. The smallest absolute Gasteiger partial charge is 0.111 e. The lowest BCUT2D eigenvalue weighted by molar-refractivity contribution is 0.211. The fraction of sp³-hybridized carbons (Fsp3) is 0.462. The van der Waals surface area contributed by atoms with E-state index in [9.17, 15) is 5.11 Å². The quantitative estimate of drug-likeness (QED) is 0.774. The summed E-state index contributed by atoms with van der Waals surface area (Å²) < 4.78 is 0. The molecule has 0 spiro atoms. The summed E-state index contributed by atoms with van der Waals surface area (Å²) in [6.07, 6.45) is 0. The summed E-state index contributed by atoms with van der Waals surface area (Å²) >= 11 is 0. The Morgan fingerprint density at radius 1 is 1.38 bits per heavy atom. The summed E-state index contributed by atoms with van der Waals surface area (Å²) in [5, 5.41) is 9.50. The molecule has 0 saturated carbocycles. The molecule has 16 heavy (non-hydrogen) atoms. The summed E-state index contributed by atoms with van der Waals surface area (Å²) in [4.78, 5) is 6.84. The number of hydrogen-bond acceptors (Lipinski definition) is 3. The van der Waals surface area contributed by atoms with Crippen LogP contribution in [-0.2, 0) is 0 Å². The lowest BCUT2D eigenvalue weighted by Gasteiger charge is -2.17. The number of anilines is 1. The average Bonchev–Trinajstić information content (AvgIpc) is 2.76. The summed E-state index contributed by atoms with van der Waals surface area (Å²) in [5.41, 5.74) is 2.55. The zero-order chi connectivity index (χ0) is 11.3. The van der Waals surface area contributed by atoms with Crippen molar-refractivity contribution in [2.24, 2.45) is 10.9 Å². The Morgan fingerprint density at radius 3 is 2.88 bits per heavy atom. The van der Waals surface area contributed by atoms with Gasteiger partial charge in [-0.3, -0.25) is 4.99 Å². The highest BCUT2D eigenvalue weighted by Gasteiger charge is 2.44. The van der Waals surface area contributed by atoms with Crippen LogP contribution in [0.25, 0.3) is 0 Å². The molecule has 0 aromatic heterocycles. The van der Waals surface area contributed by atoms with Crippen LogP contribution in [0.2, 0.25) is 0 Å². The summed E-state index contributed by atoms with van der Waals surface area (Å²) in [6, 6.07) is 8.61. The molecule has 0 saturated heterocycles. The van der Waals surface area contributed by atoms with Gasteiger partial charge >= 0.3 is 0 Å². The number of aliphatic hydroxyl groups is 1. The molecule has 0 bridgehead atoms. The van der Waals surface area contributed by atoms with Gasteiger partial charge in [0.1, 0.15) is 5.84 Å². The van der Waals surface area contributed by atoms with Crippen molar-refractivity contribution in [1.82, 2.24) is 0 Å². The van der Waals surface area contributed by atoms with E-state index in [2.05, 4.69) is 42.1 Å². The molecule has 0 radical (unpaired) electrons. The van der Waals surface area contributed by atoms with Crippen LogP contribution in [0.15, 0.2) is 29.3 Å². The standard InChI is InChI=1S/C13H16N2O/c1-8-10(7-16)12-9-5-3-4-6-11(9)15(2)13(12)14-8/h3-6,8,10,12,16H,7H2,1-2H3/t8-,10+,12-/m1/s1. The van der Waals surface area contributed by atoms with E-state index in [0.29, 0.717) is 5.92 Å². The van der Waals surface area contributed by atoms with E-state index in [-0.39, 0.29) is 18.6 Å². The minimum absolute atomic E-state index is 0.209. The second-order valence-electron chi connectivity index (χ2n) is 4.67. The van der Waals surface area contributed by atoms with Gasteiger partial charge in [0.2, 0.25) is 0 Å². The maximum Gasteiger partial charge on any atom is 0.111 e. The van der Waals surface area contributed by atoms with Crippen LogP contribution in [0.3, 0.4) is 0 Å². The number of rotatable bonds is 1. The van der Waals surface area contributed by atoms with Gasteiger partial charge < -0.3 is 10.0 Å². The van der Waals surface area contributed by atoms with Gasteiger partial charge in [0.15, 0.2) is 0 Å². The van der Waals surface area contributed by atoms with Crippen LogP contribution < -0.4 is 4.90 Å². The van der Waals surface area contributed by atoms with Crippen molar-refractivity contribution in [3.63, 3.8) is 0 Å². The van der Waals surface area contributed by atoms with Crippen LogP contribution in [-0.4, -0.2) is 30.6 Å². The number of fused-ring (bicyclic) bond motifs is 3. The van der Waals surface area contributed by atoms with Crippen LogP contribution in [0, 0.1) is 5.92 Å². The number of nitrogens with zero attached hydrogens (tertiary/aromatic N) is 2. The summed E-state index contributed by atoms with van der Waals surface area (Å²) in [5.74, 6) is 1.65. The Hall–Kier alpha value is -1.35. The van der Waals surface area contributed by atoms with Gasteiger partial charge in [-0.1, -0.05) is 18.2 Å². The summed E-state index contributed by atoms with van der Waals surface area (Å²) in [7, 11) is 2.06. The van der Waals surface area contributed by atoms with Gasteiger partial charge in [0, 0.05) is 25.3 Å². The molecule has 3 nitrogen and oxygen atoms in total. The zero-order valence-electron chi connectivity index (χ0n) is 9.59. The largest absolute Gasteiger partial charge is 0.396 e. The van der Waals surface area contributed by atoms with Crippen molar-refractivity contribution >= 4 is 11.5 Å². The first kappa shape index (κ1) is 9.85. The highest BCUT2D eigenvalue weighted by molar-refractivity contribution is 6.09. The second kappa shape index (κ2) is 3.32. The molecule has 3 rings (SSSR count). The van der Waals surface area contributed by atoms with Crippen molar-refractivity contribution in [1.29, 1.82) is 0 Å². The van der Waals surface area contributed by atoms with E-state index in [1.165, 1.54) is 11.3 Å². The van der Waals surface area contributed by atoms with E-state index in [0.717, 1.165) is 5.84 Å². The number of aliphatic imine (C=N–C) groups is 1. The van der Waals surface area contributed by atoms with Crippen molar-refractivity contribution < 1.29 is 5.11 Å². The van der Waals surface area contributed by atoms with Crippen molar-refractivity contribution in [2.75, 3.05) is 18.6 Å². The zero-order valence-corrected chi connectivity index (χ0v) is 9.59. The Bertz CT molecular complexity index is 455. The van der Waals surface area contributed by atoms with E-state index in [4.69, 9.17) is 0 Å². The monoisotopic (exact) mass is 216 g/mol. The minimum Gasteiger partial charge on any atom is -0.396 e. The van der Waals surface area contributed by atoms with Gasteiger partial charge in [0.05, 0.1) is 12.0 Å². The second-order valence-corrected chi connectivity index (χ2v) is 4.67. The lowest BCUT2D eigenvalue weighted by Crippen LogP contribution is -2.25. The highest BCUT2D eigenvalue weighted by Crippen LogP contribution is 2.46. The van der Waals surface area contributed by atoms with Gasteiger partial charge in [-0.25, -0.2) is 0 Å². The molecule has 2 aliphatic rings. The Kier molecular flexibility index (Phi) is 2.04. The first-order chi connectivity index (χ1) is 7.74. The molecule has 84 valence electrons. The SMILES string of the molecule is C[C@H]1N=C2[C@H](c3ccccc3N2C)[C@H]1CO. The molecule has 0 amide bonds. The van der Waals surface area contributed by atoms with Gasteiger partial charge in [-0.2, -0.15) is 0 Å². The molecule has 1 N–H and O–H groups in total. The van der Waals surface area contributed by atoms with E-state index < -0.39 is 0 Å². The number of benzene rings is 1. The highest BCUT2D eigenvalue weighted by atomic mass is 16.3. The number of hydrogen-bond donors (Lipinski definition) is 1. The van der Waals surface area contributed by atoms with Crippen molar-refractivity contribution in [3.8, 4) is 0 Å². The molecular weight excluding hydrogens is 200 g/mol. The molecule has 1 aromatic carbocycles. The maximum absolute atomic E-state index is 9.50. The molecule has 0 aliphatic carbocycles. The van der Waals surface area contributed by atoms with Crippen molar-refractivity contribution in [3.05, 3.63) is 29.8 Å². The Morgan fingerprint density at radius 2 is 2.12 bits per heavy atom. The third kappa shape index (κ3) is 1.09. The molecule has 2 heterocycles. The normalized spacial score (nSPS) is 31.3. The van der Waals surface area contributed by atoms with Crippen LogP contribution in [0.1, 0.15) is 18.4 Å². The third-order valence-electron chi connectivity index (χ3n) is 3.85. The molecule has 0 fully saturated rings.